The Kier molecular flexibility index (Phi) is 2.30. The molecule has 2 bridgehead atoms. The fourth-order valence-corrected chi connectivity index (χ4v) is 3.34. The average Bonchev–Trinajstić information content (AvgIpc) is 2.73. The van der Waals surface area contributed by atoms with Gasteiger partial charge in [-0.05, 0) is 44.2 Å². The van der Waals surface area contributed by atoms with E-state index in [-0.39, 0.29) is 5.54 Å². The zero-order valence-corrected chi connectivity index (χ0v) is 11.1. The van der Waals surface area contributed by atoms with Crippen molar-refractivity contribution in [3.05, 3.63) is 41.2 Å². The molecule has 104 valence electrons. The van der Waals surface area contributed by atoms with Crippen LogP contribution in [0.25, 0.3) is 0 Å². The molecular weight excluding hydrogens is 259 g/mol. The number of rotatable bonds is 3. The van der Waals surface area contributed by atoms with Gasteiger partial charge >= 0.3 is 0 Å². The minimum Gasteiger partial charge on any atom is -0.382 e. The summed E-state index contributed by atoms with van der Waals surface area (Å²) in [6.45, 7) is 1.67. The monoisotopic (exact) mass is 274 g/mol. The molecule has 3 saturated carbocycles. The van der Waals surface area contributed by atoms with Gasteiger partial charge in [0, 0.05) is 11.3 Å². The largest absolute Gasteiger partial charge is 0.382 e. The highest BCUT2D eigenvalue weighted by Crippen LogP contribution is 2.61. The quantitative estimate of drug-likeness (QED) is 0.865. The Balaban J connectivity index is 1.63. The second-order valence-corrected chi connectivity index (χ2v) is 6.00. The molecular formula is C14H15FN4O. The molecule has 1 atom stereocenters. The SMILES string of the molecule is Cc1nc(F)ccc1C(O)c1cn(C23CC(C2)C3)nn1. The van der Waals surface area contributed by atoms with Crippen molar-refractivity contribution in [3.8, 4) is 0 Å². The van der Waals surface area contributed by atoms with Gasteiger partial charge in [-0.2, -0.15) is 4.39 Å². The lowest BCUT2D eigenvalue weighted by Gasteiger charge is -2.61. The maximum atomic E-state index is 13.0. The number of nitrogens with zero attached hydrogens (tertiary/aromatic N) is 4. The summed E-state index contributed by atoms with van der Waals surface area (Å²) >= 11 is 0. The van der Waals surface area contributed by atoms with Crippen LogP contribution in [-0.4, -0.2) is 25.1 Å². The number of aliphatic hydroxyl groups is 1. The van der Waals surface area contributed by atoms with Gasteiger partial charge in [0.25, 0.3) is 0 Å². The Hall–Kier alpha value is -1.82. The van der Waals surface area contributed by atoms with E-state index in [2.05, 4.69) is 15.3 Å². The van der Waals surface area contributed by atoms with Gasteiger partial charge in [0.2, 0.25) is 5.95 Å². The highest BCUT2D eigenvalue weighted by Gasteiger charge is 2.58. The Morgan fingerprint density at radius 2 is 2.15 bits per heavy atom. The number of aliphatic hydroxyl groups excluding tert-OH is 1. The number of halogens is 1. The lowest BCUT2D eigenvalue weighted by atomic mass is 9.50. The number of hydrogen-bond donors (Lipinski definition) is 1. The Morgan fingerprint density at radius 3 is 2.75 bits per heavy atom. The van der Waals surface area contributed by atoms with Gasteiger partial charge in [-0.15, -0.1) is 5.10 Å². The van der Waals surface area contributed by atoms with E-state index >= 15 is 0 Å². The maximum Gasteiger partial charge on any atom is 0.213 e. The summed E-state index contributed by atoms with van der Waals surface area (Å²) in [6, 6.07) is 2.79. The van der Waals surface area contributed by atoms with Gasteiger partial charge in [-0.3, -0.25) is 0 Å². The van der Waals surface area contributed by atoms with Gasteiger partial charge in [-0.1, -0.05) is 5.21 Å². The van der Waals surface area contributed by atoms with Crippen LogP contribution in [0.2, 0.25) is 0 Å². The van der Waals surface area contributed by atoms with E-state index in [1.165, 1.54) is 25.3 Å². The van der Waals surface area contributed by atoms with Gasteiger partial charge in [0.05, 0.1) is 11.7 Å². The first-order valence-corrected chi connectivity index (χ1v) is 6.81. The average molecular weight is 274 g/mol. The van der Waals surface area contributed by atoms with Crippen LogP contribution in [-0.2, 0) is 5.54 Å². The molecule has 5 nitrogen and oxygen atoms in total. The van der Waals surface area contributed by atoms with Gasteiger partial charge < -0.3 is 5.11 Å². The molecule has 5 rings (SSSR count). The molecule has 20 heavy (non-hydrogen) atoms. The predicted octanol–water partition coefficient (Wildman–Crippen LogP) is 1.71. The molecule has 0 spiro atoms. The summed E-state index contributed by atoms with van der Waals surface area (Å²) in [6.07, 6.45) is 4.40. The van der Waals surface area contributed by atoms with E-state index in [4.69, 9.17) is 0 Å². The second kappa shape index (κ2) is 3.85. The lowest BCUT2D eigenvalue weighted by molar-refractivity contribution is -0.0989. The zero-order chi connectivity index (χ0) is 13.9. The third-order valence-electron chi connectivity index (χ3n) is 4.67. The van der Waals surface area contributed by atoms with E-state index in [1.54, 1.807) is 13.0 Å². The van der Waals surface area contributed by atoms with E-state index in [9.17, 15) is 9.50 Å². The minimum atomic E-state index is -0.913. The molecule has 1 N–H and O–H groups in total. The maximum absolute atomic E-state index is 13.0. The molecule has 0 amide bonds. The topological polar surface area (TPSA) is 63.8 Å². The van der Waals surface area contributed by atoms with Gasteiger partial charge in [-0.25, -0.2) is 9.67 Å². The van der Waals surface area contributed by atoms with Crippen LogP contribution in [0.15, 0.2) is 18.3 Å². The van der Waals surface area contributed by atoms with Gasteiger partial charge in [0.15, 0.2) is 0 Å². The molecule has 3 aliphatic carbocycles. The van der Waals surface area contributed by atoms with Crippen LogP contribution >= 0.6 is 0 Å². The zero-order valence-electron chi connectivity index (χ0n) is 11.1. The molecule has 0 aliphatic heterocycles. The van der Waals surface area contributed by atoms with E-state index in [0.29, 0.717) is 17.0 Å². The Bertz CT molecular complexity index is 667. The third-order valence-corrected chi connectivity index (χ3v) is 4.67. The lowest BCUT2D eigenvalue weighted by Crippen LogP contribution is -2.59. The number of aromatic nitrogens is 4. The minimum absolute atomic E-state index is 0.158. The number of pyridine rings is 1. The van der Waals surface area contributed by atoms with E-state index in [1.807, 2.05) is 10.9 Å². The normalized spacial score (nSPS) is 28.6. The van der Waals surface area contributed by atoms with Crippen molar-refractivity contribution in [2.24, 2.45) is 5.92 Å². The fraction of sp³-hybridized carbons (Fsp3) is 0.500. The van der Waals surface area contributed by atoms with Crippen molar-refractivity contribution < 1.29 is 9.50 Å². The summed E-state index contributed by atoms with van der Waals surface area (Å²) in [4.78, 5) is 3.73. The molecule has 6 heteroatoms. The van der Waals surface area contributed by atoms with Gasteiger partial charge in [0.1, 0.15) is 11.8 Å². The molecule has 0 radical (unpaired) electrons. The number of hydrogen-bond acceptors (Lipinski definition) is 4. The first-order valence-electron chi connectivity index (χ1n) is 6.81. The summed E-state index contributed by atoms with van der Waals surface area (Å²) in [5.41, 5.74) is 1.69. The van der Waals surface area contributed by atoms with Crippen LogP contribution in [0.1, 0.15) is 42.3 Å². The van der Waals surface area contributed by atoms with Crippen molar-refractivity contribution >= 4 is 0 Å². The van der Waals surface area contributed by atoms with Crippen molar-refractivity contribution in [1.29, 1.82) is 0 Å². The molecule has 0 saturated heterocycles. The Morgan fingerprint density at radius 1 is 1.40 bits per heavy atom. The summed E-state index contributed by atoms with van der Waals surface area (Å²) < 4.78 is 14.9. The molecule has 3 fully saturated rings. The highest BCUT2D eigenvalue weighted by atomic mass is 19.1. The smallest absolute Gasteiger partial charge is 0.213 e. The third kappa shape index (κ3) is 1.54. The van der Waals surface area contributed by atoms with E-state index in [0.717, 1.165) is 5.92 Å². The predicted molar refractivity (Wildman–Crippen MR) is 68.3 cm³/mol. The summed E-state index contributed by atoms with van der Waals surface area (Å²) in [5, 5.41) is 18.6. The van der Waals surface area contributed by atoms with Crippen LogP contribution in [0.3, 0.4) is 0 Å². The molecule has 1 unspecified atom stereocenters. The molecule has 0 aromatic carbocycles. The second-order valence-electron chi connectivity index (χ2n) is 6.00. The summed E-state index contributed by atoms with van der Waals surface area (Å²) in [5.74, 6) is 0.312. The first-order chi connectivity index (χ1) is 9.57. The molecule has 2 heterocycles. The van der Waals surface area contributed by atoms with Crippen molar-refractivity contribution in [2.45, 2.75) is 37.8 Å². The van der Waals surface area contributed by atoms with Crippen molar-refractivity contribution in [3.63, 3.8) is 0 Å². The van der Waals surface area contributed by atoms with Crippen LogP contribution in [0, 0.1) is 18.8 Å². The first kappa shape index (κ1) is 12.0. The Labute approximate surface area is 115 Å². The molecule has 3 aliphatic rings. The van der Waals surface area contributed by atoms with Crippen LogP contribution < -0.4 is 0 Å². The van der Waals surface area contributed by atoms with Crippen LogP contribution in [0.5, 0.6) is 0 Å². The van der Waals surface area contributed by atoms with Crippen molar-refractivity contribution in [2.75, 3.05) is 0 Å². The van der Waals surface area contributed by atoms with Crippen LogP contribution in [0.4, 0.5) is 4.39 Å². The van der Waals surface area contributed by atoms with Crippen molar-refractivity contribution in [1.82, 2.24) is 20.0 Å². The standard InChI is InChI=1S/C14H15FN4O/c1-8-10(2-3-12(15)16-8)13(20)11-7-19(18-17-11)14-4-9(5-14)6-14/h2-3,7,9,13,20H,4-6H2,1H3. The summed E-state index contributed by atoms with van der Waals surface area (Å²) in [7, 11) is 0. The fourth-order valence-electron chi connectivity index (χ4n) is 3.34. The van der Waals surface area contributed by atoms with E-state index < -0.39 is 12.1 Å². The highest BCUT2D eigenvalue weighted by molar-refractivity contribution is 5.27. The molecule has 2 aromatic rings. The molecule has 2 aromatic heterocycles. The number of aryl methyl sites for hydroxylation is 1.